The molecule has 11 heteroatoms. The lowest BCUT2D eigenvalue weighted by atomic mass is 10.0. The number of fused-ring (bicyclic) bond motifs is 1. The highest BCUT2D eigenvalue weighted by Gasteiger charge is 2.40. The molecule has 182 valence electrons. The SMILES string of the molecule is COc1cc([C@@H]2c3cccn3CCN2S(=O)(=O)c2cccc(C(F)(F)F)c2)cc(OC)c1OC. The van der Waals surface area contributed by atoms with Gasteiger partial charge in [0.2, 0.25) is 15.8 Å². The Balaban J connectivity index is 1.89. The Morgan fingerprint density at radius 3 is 2.18 bits per heavy atom. The Morgan fingerprint density at radius 1 is 0.912 bits per heavy atom. The van der Waals surface area contributed by atoms with Crippen molar-refractivity contribution in [2.24, 2.45) is 0 Å². The summed E-state index contributed by atoms with van der Waals surface area (Å²) in [6, 6.07) is 9.79. The average molecular weight is 497 g/mol. The topological polar surface area (TPSA) is 70.0 Å². The van der Waals surface area contributed by atoms with Crippen LogP contribution in [-0.2, 0) is 22.7 Å². The number of nitrogens with zero attached hydrogens (tertiary/aromatic N) is 2. The molecule has 1 aliphatic rings. The van der Waals surface area contributed by atoms with Crippen molar-refractivity contribution < 1.29 is 35.8 Å². The fraction of sp³-hybridized carbons (Fsp3) is 0.304. The number of rotatable bonds is 6. The van der Waals surface area contributed by atoms with Crippen LogP contribution in [0.3, 0.4) is 0 Å². The first-order valence-corrected chi connectivity index (χ1v) is 11.7. The van der Waals surface area contributed by atoms with Gasteiger partial charge in [-0.25, -0.2) is 8.42 Å². The van der Waals surface area contributed by atoms with Crippen LogP contribution >= 0.6 is 0 Å². The van der Waals surface area contributed by atoms with Crippen molar-refractivity contribution in [1.29, 1.82) is 0 Å². The molecule has 0 saturated heterocycles. The number of methoxy groups -OCH3 is 3. The summed E-state index contributed by atoms with van der Waals surface area (Å²) in [5.74, 6) is 1.00. The van der Waals surface area contributed by atoms with E-state index in [1.54, 1.807) is 24.3 Å². The number of aromatic nitrogens is 1. The zero-order chi connectivity index (χ0) is 24.7. The molecule has 0 amide bonds. The Bertz CT molecular complexity index is 1280. The highest BCUT2D eigenvalue weighted by atomic mass is 32.2. The van der Waals surface area contributed by atoms with E-state index in [-0.39, 0.29) is 6.54 Å². The smallest absolute Gasteiger partial charge is 0.416 e. The monoisotopic (exact) mass is 496 g/mol. The minimum atomic E-state index is -4.67. The standard InChI is InChI=1S/C23H23F3N2O5S/c1-31-19-12-15(13-20(32-2)22(19)33-3)21-18-8-5-9-27(18)10-11-28(21)34(29,30)17-7-4-6-16(14-17)23(24,25)26/h4-9,12-14,21H,10-11H2,1-3H3/t21-/m1/s1. The minimum Gasteiger partial charge on any atom is -0.493 e. The molecule has 4 rings (SSSR count). The predicted octanol–water partition coefficient (Wildman–Crippen LogP) is 4.33. The first kappa shape index (κ1) is 24.0. The molecule has 1 aliphatic heterocycles. The maximum absolute atomic E-state index is 13.7. The molecule has 0 bridgehead atoms. The van der Waals surface area contributed by atoms with Crippen molar-refractivity contribution in [1.82, 2.24) is 8.87 Å². The van der Waals surface area contributed by atoms with Gasteiger partial charge in [-0.2, -0.15) is 17.5 Å². The first-order chi connectivity index (χ1) is 16.1. The molecule has 1 atom stereocenters. The highest BCUT2D eigenvalue weighted by molar-refractivity contribution is 7.89. The van der Waals surface area contributed by atoms with E-state index >= 15 is 0 Å². The molecule has 0 radical (unpaired) electrons. The fourth-order valence-corrected chi connectivity index (χ4v) is 5.81. The van der Waals surface area contributed by atoms with Crippen molar-refractivity contribution in [3.05, 3.63) is 71.5 Å². The molecule has 0 saturated carbocycles. The van der Waals surface area contributed by atoms with Gasteiger partial charge >= 0.3 is 6.18 Å². The van der Waals surface area contributed by atoms with Crippen LogP contribution in [0.15, 0.2) is 59.6 Å². The van der Waals surface area contributed by atoms with Crippen LogP contribution in [0.25, 0.3) is 0 Å². The van der Waals surface area contributed by atoms with E-state index in [4.69, 9.17) is 14.2 Å². The van der Waals surface area contributed by atoms with Gasteiger partial charge in [-0.1, -0.05) is 6.07 Å². The Hall–Kier alpha value is -3.18. The number of halogens is 3. The van der Waals surface area contributed by atoms with Crippen LogP contribution in [0.1, 0.15) is 22.9 Å². The summed E-state index contributed by atoms with van der Waals surface area (Å²) >= 11 is 0. The maximum atomic E-state index is 13.7. The Kier molecular flexibility index (Phi) is 6.26. The van der Waals surface area contributed by atoms with Crippen LogP contribution < -0.4 is 14.2 Å². The molecule has 1 aromatic heterocycles. The molecule has 0 unspecified atom stereocenters. The van der Waals surface area contributed by atoms with Crippen molar-refractivity contribution in [3.63, 3.8) is 0 Å². The van der Waals surface area contributed by atoms with Crippen LogP contribution in [0.2, 0.25) is 0 Å². The Labute approximate surface area is 195 Å². The van der Waals surface area contributed by atoms with Crippen molar-refractivity contribution in [2.45, 2.75) is 23.7 Å². The first-order valence-electron chi connectivity index (χ1n) is 10.3. The van der Waals surface area contributed by atoms with E-state index in [0.29, 0.717) is 41.1 Å². The summed E-state index contributed by atoms with van der Waals surface area (Å²) in [6.07, 6.45) is -2.84. The van der Waals surface area contributed by atoms with Gasteiger partial charge in [-0.3, -0.25) is 0 Å². The van der Waals surface area contributed by atoms with Crippen LogP contribution in [0.4, 0.5) is 13.2 Å². The van der Waals surface area contributed by atoms with E-state index in [0.717, 1.165) is 12.1 Å². The van der Waals surface area contributed by atoms with Gasteiger partial charge in [0.25, 0.3) is 0 Å². The van der Waals surface area contributed by atoms with Crippen LogP contribution in [-0.4, -0.2) is 45.2 Å². The summed E-state index contributed by atoms with van der Waals surface area (Å²) in [5, 5.41) is 0. The van der Waals surface area contributed by atoms with Gasteiger partial charge < -0.3 is 18.8 Å². The lowest BCUT2D eigenvalue weighted by Crippen LogP contribution is -2.42. The molecule has 0 spiro atoms. The third kappa shape index (κ3) is 4.09. The van der Waals surface area contributed by atoms with Crippen LogP contribution in [0.5, 0.6) is 17.2 Å². The van der Waals surface area contributed by atoms with Gasteiger partial charge in [0.05, 0.1) is 37.8 Å². The van der Waals surface area contributed by atoms with Gasteiger partial charge in [0.15, 0.2) is 11.5 Å². The summed E-state index contributed by atoms with van der Waals surface area (Å²) in [7, 11) is 0.0366. The second-order valence-electron chi connectivity index (χ2n) is 7.63. The molecule has 0 fully saturated rings. The quantitative estimate of drug-likeness (QED) is 0.508. The largest absolute Gasteiger partial charge is 0.493 e. The zero-order valence-electron chi connectivity index (χ0n) is 18.7. The van der Waals surface area contributed by atoms with Crippen molar-refractivity contribution >= 4 is 10.0 Å². The lowest BCUT2D eigenvalue weighted by molar-refractivity contribution is -0.137. The van der Waals surface area contributed by atoms with Gasteiger partial charge in [0, 0.05) is 25.0 Å². The predicted molar refractivity (Wildman–Crippen MR) is 118 cm³/mol. The van der Waals surface area contributed by atoms with E-state index in [1.165, 1.54) is 31.7 Å². The van der Waals surface area contributed by atoms with Crippen molar-refractivity contribution in [3.8, 4) is 17.2 Å². The Morgan fingerprint density at radius 2 is 1.59 bits per heavy atom. The second kappa shape index (κ2) is 8.88. The molecular weight excluding hydrogens is 473 g/mol. The van der Waals surface area contributed by atoms with Gasteiger partial charge in [-0.05, 0) is 48.0 Å². The minimum absolute atomic E-state index is 0.0571. The summed E-state index contributed by atoms with van der Waals surface area (Å²) in [5.41, 5.74) is 0.152. The molecule has 7 nitrogen and oxygen atoms in total. The fourth-order valence-electron chi connectivity index (χ4n) is 4.19. The molecular formula is C23H23F3N2O5S. The molecule has 2 aromatic carbocycles. The summed E-state index contributed by atoms with van der Waals surface area (Å²) < 4.78 is 86.6. The number of benzene rings is 2. The number of hydrogen-bond acceptors (Lipinski definition) is 5. The van der Waals surface area contributed by atoms with Crippen molar-refractivity contribution in [2.75, 3.05) is 27.9 Å². The third-order valence-corrected chi connectivity index (χ3v) is 7.63. The summed E-state index contributed by atoms with van der Waals surface area (Å²) in [6.45, 7) is 0.406. The van der Waals surface area contributed by atoms with Crippen LogP contribution in [0, 0.1) is 0 Å². The maximum Gasteiger partial charge on any atom is 0.416 e. The normalized spacial score (nSPS) is 16.7. The van der Waals surface area contributed by atoms with E-state index in [1.807, 2.05) is 10.8 Å². The van der Waals surface area contributed by atoms with Gasteiger partial charge in [-0.15, -0.1) is 0 Å². The molecule has 3 aromatic rings. The van der Waals surface area contributed by atoms with E-state index in [2.05, 4.69) is 0 Å². The average Bonchev–Trinajstić information content (AvgIpc) is 3.31. The number of ether oxygens (including phenoxy) is 3. The number of hydrogen-bond donors (Lipinski definition) is 0. The molecule has 0 aliphatic carbocycles. The molecule has 0 N–H and O–H groups in total. The summed E-state index contributed by atoms with van der Waals surface area (Å²) in [4.78, 5) is -0.431. The molecule has 34 heavy (non-hydrogen) atoms. The van der Waals surface area contributed by atoms with E-state index in [9.17, 15) is 21.6 Å². The zero-order valence-corrected chi connectivity index (χ0v) is 19.5. The third-order valence-electron chi connectivity index (χ3n) is 5.76. The number of alkyl halides is 3. The highest BCUT2D eigenvalue weighted by Crippen LogP contribution is 2.44. The number of sulfonamides is 1. The second-order valence-corrected chi connectivity index (χ2v) is 9.52. The van der Waals surface area contributed by atoms with Gasteiger partial charge in [0.1, 0.15) is 0 Å². The van der Waals surface area contributed by atoms with E-state index < -0.39 is 32.7 Å². The lowest BCUT2D eigenvalue weighted by Gasteiger charge is -2.36. The molecule has 2 heterocycles.